The number of aromatic hydroxyl groups is 1. The molecule has 1 aliphatic carbocycles. The maximum absolute atomic E-state index is 9.84. The number of hydrogen-bond donors (Lipinski definition) is 2. The van der Waals surface area contributed by atoms with Gasteiger partial charge in [0.05, 0.1) is 7.11 Å². The van der Waals surface area contributed by atoms with E-state index in [1.807, 2.05) is 6.07 Å². The minimum atomic E-state index is 0.335. The SMILES string of the molecule is COc1ccc(O)c(CNCC2(C)CCCCC2)c1. The van der Waals surface area contributed by atoms with Gasteiger partial charge in [-0.3, -0.25) is 0 Å². The van der Waals surface area contributed by atoms with E-state index < -0.39 is 0 Å². The Labute approximate surface area is 116 Å². The highest BCUT2D eigenvalue weighted by Crippen LogP contribution is 2.35. The summed E-state index contributed by atoms with van der Waals surface area (Å²) in [5, 5.41) is 13.3. The molecule has 1 aromatic rings. The molecule has 1 saturated carbocycles. The van der Waals surface area contributed by atoms with Crippen molar-refractivity contribution in [3.63, 3.8) is 0 Å². The van der Waals surface area contributed by atoms with Crippen LogP contribution in [0, 0.1) is 5.41 Å². The third kappa shape index (κ3) is 3.87. The summed E-state index contributed by atoms with van der Waals surface area (Å²) in [5.41, 5.74) is 1.32. The molecule has 0 amide bonds. The van der Waals surface area contributed by atoms with Crippen LogP contribution in [0.4, 0.5) is 0 Å². The fourth-order valence-corrected chi connectivity index (χ4v) is 2.91. The zero-order valence-electron chi connectivity index (χ0n) is 12.0. The van der Waals surface area contributed by atoms with Gasteiger partial charge in [-0.25, -0.2) is 0 Å². The fourth-order valence-electron chi connectivity index (χ4n) is 2.91. The van der Waals surface area contributed by atoms with Gasteiger partial charge in [0.25, 0.3) is 0 Å². The van der Waals surface area contributed by atoms with Crippen molar-refractivity contribution in [2.24, 2.45) is 5.41 Å². The zero-order chi connectivity index (χ0) is 13.7. The molecule has 2 N–H and O–H groups in total. The van der Waals surface area contributed by atoms with Crippen LogP contribution in [0.25, 0.3) is 0 Å². The second kappa shape index (κ2) is 6.29. The lowest BCUT2D eigenvalue weighted by atomic mass is 9.76. The lowest BCUT2D eigenvalue weighted by molar-refractivity contribution is 0.207. The van der Waals surface area contributed by atoms with Crippen LogP contribution >= 0.6 is 0 Å². The van der Waals surface area contributed by atoms with Crippen molar-refractivity contribution in [1.82, 2.24) is 5.32 Å². The van der Waals surface area contributed by atoms with E-state index in [1.54, 1.807) is 19.2 Å². The summed E-state index contributed by atoms with van der Waals surface area (Å²) in [5.74, 6) is 1.13. The number of rotatable bonds is 5. The molecule has 0 bridgehead atoms. The van der Waals surface area contributed by atoms with Gasteiger partial charge in [0, 0.05) is 18.7 Å². The normalized spacial score (nSPS) is 18.2. The van der Waals surface area contributed by atoms with Crippen LogP contribution in [0.3, 0.4) is 0 Å². The average molecular weight is 263 g/mol. The van der Waals surface area contributed by atoms with Crippen molar-refractivity contribution >= 4 is 0 Å². The second-order valence-corrected chi connectivity index (χ2v) is 5.97. The molecule has 0 saturated heterocycles. The molecule has 106 valence electrons. The third-order valence-corrected chi connectivity index (χ3v) is 4.21. The number of hydrogen-bond acceptors (Lipinski definition) is 3. The maximum Gasteiger partial charge on any atom is 0.120 e. The zero-order valence-corrected chi connectivity index (χ0v) is 12.0. The molecule has 3 nitrogen and oxygen atoms in total. The monoisotopic (exact) mass is 263 g/mol. The molecule has 1 aromatic carbocycles. The molecule has 0 unspecified atom stereocenters. The van der Waals surface area contributed by atoms with Crippen molar-refractivity contribution < 1.29 is 9.84 Å². The standard InChI is InChI=1S/C16H25NO2/c1-16(8-4-3-5-9-16)12-17-11-13-10-14(19-2)6-7-15(13)18/h6-7,10,17-18H,3-5,8-9,11-12H2,1-2H3. The summed E-state index contributed by atoms with van der Waals surface area (Å²) < 4.78 is 5.19. The molecule has 2 rings (SSSR count). The molecular weight excluding hydrogens is 238 g/mol. The van der Waals surface area contributed by atoms with E-state index >= 15 is 0 Å². The summed E-state index contributed by atoms with van der Waals surface area (Å²) >= 11 is 0. The number of phenolic OH excluding ortho intramolecular Hbond substituents is 1. The predicted octanol–water partition coefficient (Wildman–Crippen LogP) is 3.46. The van der Waals surface area contributed by atoms with Crippen LogP contribution in [-0.4, -0.2) is 18.8 Å². The van der Waals surface area contributed by atoms with Crippen LogP contribution in [0.1, 0.15) is 44.6 Å². The molecule has 19 heavy (non-hydrogen) atoms. The minimum Gasteiger partial charge on any atom is -0.508 e. The highest BCUT2D eigenvalue weighted by molar-refractivity contribution is 5.39. The summed E-state index contributed by atoms with van der Waals surface area (Å²) in [7, 11) is 1.65. The van der Waals surface area contributed by atoms with E-state index in [1.165, 1.54) is 32.1 Å². The molecule has 3 heteroatoms. The van der Waals surface area contributed by atoms with E-state index in [2.05, 4.69) is 12.2 Å². The van der Waals surface area contributed by atoms with E-state index in [0.717, 1.165) is 17.9 Å². The Kier molecular flexibility index (Phi) is 4.70. The Morgan fingerprint density at radius 3 is 2.68 bits per heavy atom. The average Bonchev–Trinajstić information content (AvgIpc) is 2.41. The number of benzene rings is 1. The highest BCUT2D eigenvalue weighted by Gasteiger charge is 2.26. The molecule has 0 atom stereocenters. The quantitative estimate of drug-likeness (QED) is 0.855. The van der Waals surface area contributed by atoms with Crippen LogP contribution in [-0.2, 0) is 6.54 Å². The Morgan fingerprint density at radius 2 is 2.00 bits per heavy atom. The lowest BCUT2D eigenvalue weighted by Gasteiger charge is -2.33. The minimum absolute atomic E-state index is 0.335. The first kappa shape index (κ1) is 14.2. The first-order chi connectivity index (χ1) is 9.13. The Bertz CT molecular complexity index is 411. The first-order valence-electron chi connectivity index (χ1n) is 7.20. The van der Waals surface area contributed by atoms with E-state index in [4.69, 9.17) is 4.74 Å². The van der Waals surface area contributed by atoms with Gasteiger partial charge in [0.1, 0.15) is 11.5 Å². The smallest absolute Gasteiger partial charge is 0.120 e. The van der Waals surface area contributed by atoms with Crippen molar-refractivity contribution in [3.05, 3.63) is 23.8 Å². The molecular formula is C16H25NO2. The number of methoxy groups -OCH3 is 1. The lowest BCUT2D eigenvalue weighted by Crippen LogP contribution is -2.33. The van der Waals surface area contributed by atoms with Gasteiger partial charge in [-0.2, -0.15) is 0 Å². The van der Waals surface area contributed by atoms with Gasteiger partial charge in [-0.1, -0.05) is 26.2 Å². The van der Waals surface area contributed by atoms with Crippen LogP contribution in [0.15, 0.2) is 18.2 Å². The van der Waals surface area contributed by atoms with Crippen molar-refractivity contribution in [2.75, 3.05) is 13.7 Å². The fraction of sp³-hybridized carbons (Fsp3) is 0.625. The Hall–Kier alpha value is -1.22. The summed E-state index contributed by atoms with van der Waals surface area (Å²) in [6, 6.07) is 5.37. The molecule has 1 fully saturated rings. The summed E-state index contributed by atoms with van der Waals surface area (Å²) in [6.07, 6.45) is 6.70. The predicted molar refractivity (Wildman–Crippen MR) is 77.6 cm³/mol. The summed E-state index contributed by atoms with van der Waals surface area (Å²) in [6.45, 7) is 4.08. The van der Waals surface area contributed by atoms with Crippen LogP contribution < -0.4 is 10.1 Å². The molecule has 0 heterocycles. The van der Waals surface area contributed by atoms with Crippen molar-refractivity contribution in [3.8, 4) is 11.5 Å². The number of ether oxygens (including phenoxy) is 1. The van der Waals surface area contributed by atoms with E-state index in [-0.39, 0.29) is 0 Å². The van der Waals surface area contributed by atoms with Gasteiger partial charge in [0.2, 0.25) is 0 Å². The maximum atomic E-state index is 9.84. The highest BCUT2D eigenvalue weighted by atomic mass is 16.5. The first-order valence-corrected chi connectivity index (χ1v) is 7.20. The van der Waals surface area contributed by atoms with Gasteiger partial charge < -0.3 is 15.2 Å². The Balaban J connectivity index is 1.88. The molecule has 1 aliphatic rings. The van der Waals surface area contributed by atoms with Gasteiger partial charge in [-0.05, 0) is 36.5 Å². The second-order valence-electron chi connectivity index (χ2n) is 5.97. The van der Waals surface area contributed by atoms with E-state index in [9.17, 15) is 5.11 Å². The number of nitrogens with one attached hydrogen (secondary N) is 1. The molecule has 0 aromatic heterocycles. The van der Waals surface area contributed by atoms with Crippen LogP contribution in [0.5, 0.6) is 11.5 Å². The van der Waals surface area contributed by atoms with Gasteiger partial charge >= 0.3 is 0 Å². The van der Waals surface area contributed by atoms with Gasteiger partial charge in [0.15, 0.2) is 0 Å². The third-order valence-electron chi connectivity index (χ3n) is 4.21. The summed E-state index contributed by atoms with van der Waals surface area (Å²) in [4.78, 5) is 0. The van der Waals surface area contributed by atoms with E-state index in [0.29, 0.717) is 17.7 Å². The van der Waals surface area contributed by atoms with Crippen LogP contribution in [0.2, 0.25) is 0 Å². The molecule has 0 radical (unpaired) electrons. The topological polar surface area (TPSA) is 41.5 Å². The number of phenols is 1. The van der Waals surface area contributed by atoms with Crippen molar-refractivity contribution in [1.29, 1.82) is 0 Å². The Morgan fingerprint density at radius 1 is 1.26 bits per heavy atom. The molecule has 0 spiro atoms. The molecule has 0 aliphatic heterocycles. The van der Waals surface area contributed by atoms with Gasteiger partial charge in [-0.15, -0.1) is 0 Å². The largest absolute Gasteiger partial charge is 0.508 e. The van der Waals surface area contributed by atoms with Crippen molar-refractivity contribution in [2.45, 2.75) is 45.6 Å².